The van der Waals surface area contributed by atoms with Gasteiger partial charge in [0.25, 0.3) is 0 Å². The Bertz CT molecular complexity index is 2090. The number of nitrogens with zero attached hydrogens (tertiary/aromatic N) is 2. The molecule has 176 valence electrons. The van der Waals surface area contributed by atoms with Gasteiger partial charge < -0.3 is 0 Å². The number of aromatic nitrogens is 2. The molecule has 2 nitrogen and oxygen atoms in total. The van der Waals surface area contributed by atoms with Crippen LogP contribution in [0, 0.1) is 0 Å². The molecule has 0 saturated carbocycles. The predicted molar refractivity (Wildman–Crippen MR) is 160 cm³/mol. The molecule has 0 N–H and O–H groups in total. The molecule has 2 heteroatoms. The molecule has 0 radical (unpaired) electrons. The molecule has 0 aliphatic rings. The van der Waals surface area contributed by atoms with Gasteiger partial charge in [0.05, 0.1) is 11.0 Å². The second-order valence-corrected chi connectivity index (χ2v) is 9.79. The monoisotopic (exact) mass is 482 g/mol. The summed E-state index contributed by atoms with van der Waals surface area (Å²) in [5.74, 6) is 0.758. The topological polar surface area (TPSA) is 25.8 Å². The van der Waals surface area contributed by atoms with Crippen molar-refractivity contribution < 1.29 is 0 Å². The van der Waals surface area contributed by atoms with Crippen LogP contribution in [0.15, 0.2) is 133 Å². The lowest BCUT2D eigenvalue weighted by molar-refractivity contribution is 1.26. The van der Waals surface area contributed by atoms with Gasteiger partial charge in [-0.1, -0.05) is 115 Å². The first-order chi connectivity index (χ1) is 18.8. The molecule has 0 fully saturated rings. The summed E-state index contributed by atoms with van der Waals surface area (Å²) in [6.45, 7) is 0. The maximum atomic E-state index is 5.04. The average molecular weight is 483 g/mol. The normalized spacial score (nSPS) is 11.7. The molecule has 0 atom stereocenters. The molecule has 8 aromatic rings. The molecular weight excluding hydrogens is 460 g/mol. The van der Waals surface area contributed by atoms with E-state index < -0.39 is 0 Å². The standard InChI is InChI=1S/C36H22N2/c1-3-10-24(11-4-1)30-22-31(27-17-9-15-23-12-7-8-16-26(23)27)29-19-21-33-35-32(20-18-28(30)34(29)35)37-36(38-33)25-13-5-2-6-14-25/h1-22H. The third-order valence-electron chi connectivity index (χ3n) is 7.64. The van der Waals surface area contributed by atoms with Crippen molar-refractivity contribution in [3.63, 3.8) is 0 Å². The van der Waals surface area contributed by atoms with E-state index in [-0.39, 0.29) is 0 Å². The molecule has 1 aromatic heterocycles. The van der Waals surface area contributed by atoms with Gasteiger partial charge in [0, 0.05) is 16.3 Å². The van der Waals surface area contributed by atoms with Crippen LogP contribution in [0.5, 0.6) is 0 Å². The molecule has 1 heterocycles. The highest BCUT2D eigenvalue weighted by Gasteiger charge is 2.19. The highest BCUT2D eigenvalue weighted by atomic mass is 14.9. The van der Waals surface area contributed by atoms with Crippen molar-refractivity contribution in [3.05, 3.63) is 133 Å². The van der Waals surface area contributed by atoms with E-state index in [4.69, 9.17) is 9.97 Å². The second-order valence-electron chi connectivity index (χ2n) is 9.79. The van der Waals surface area contributed by atoms with Crippen LogP contribution in [0.25, 0.3) is 77.0 Å². The second kappa shape index (κ2) is 8.22. The minimum atomic E-state index is 0.758. The largest absolute Gasteiger partial charge is 0.228 e. The Hall–Kier alpha value is -5.08. The molecule has 8 rings (SSSR count). The first-order valence-electron chi connectivity index (χ1n) is 12.9. The lowest BCUT2D eigenvalue weighted by atomic mass is 9.86. The first-order valence-corrected chi connectivity index (χ1v) is 12.9. The van der Waals surface area contributed by atoms with Crippen molar-refractivity contribution in [1.82, 2.24) is 9.97 Å². The summed E-state index contributed by atoms with van der Waals surface area (Å²) in [5.41, 5.74) is 7.88. The Kier molecular flexibility index (Phi) is 4.55. The average Bonchev–Trinajstić information content (AvgIpc) is 3.00. The molecule has 0 unspecified atom stereocenters. The lowest BCUT2D eigenvalue weighted by Crippen LogP contribution is -1.96. The highest BCUT2D eigenvalue weighted by molar-refractivity contribution is 6.27. The molecule has 0 saturated heterocycles. The lowest BCUT2D eigenvalue weighted by Gasteiger charge is -2.19. The van der Waals surface area contributed by atoms with Gasteiger partial charge in [0.2, 0.25) is 0 Å². The van der Waals surface area contributed by atoms with Crippen molar-refractivity contribution in [2.24, 2.45) is 0 Å². The van der Waals surface area contributed by atoms with Crippen LogP contribution >= 0.6 is 0 Å². The number of rotatable bonds is 3. The van der Waals surface area contributed by atoms with Crippen LogP contribution in [0.3, 0.4) is 0 Å². The molecule has 0 aliphatic heterocycles. The summed E-state index contributed by atoms with van der Waals surface area (Å²) in [4.78, 5) is 10.1. The summed E-state index contributed by atoms with van der Waals surface area (Å²) >= 11 is 0. The number of hydrogen-bond acceptors (Lipinski definition) is 2. The van der Waals surface area contributed by atoms with Gasteiger partial charge in [-0.15, -0.1) is 0 Å². The molecule has 0 amide bonds. The number of fused-ring (bicyclic) bond motifs is 1. The Morgan fingerprint density at radius 3 is 1.71 bits per heavy atom. The van der Waals surface area contributed by atoms with Gasteiger partial charge >= 0.3 is 0 Å². The van der Waals surface area contributed by atoms with Crippen molar-refractivity contribution in [2.75, 3.05) is 0 Å². The van der Waals surface area contributed by atoms with Gasteiger partial charge in [-0.3, -0.25) is 0 Å². The summed E-state index contributed by atoms with van der Waals surface area (Å²) in [6.07, 6.45) is 0. The van der Waals surface area contributed by atoms with E-state index in [1.807, 2.05) is 18.2 Å². The fourth-order valence-electron chi connectivity index (χ4n) is 5.90. The van der Waals surface area contributed by atoms with Crippen LogP contribution in [-0.2, 0) is 0 Å². The van der Waals surface area contributed by atoms with Gasteiger partial charge in [-0.05, 0) is 62.0 Å². The van der Waals surface area contributed by atoms with Gasteiger partial charge in [0.15, 0.2) is 5.82 Å². The smallest absolute Gasteiger partial charge is 0.160 e. The predicted octanol–water partition coefficient (Wildman–Crippen LogP) is 9.53. The fourth-order valence-corrected chi connectivity index (χ4v) is 5.90. The van der Waals surface area contributed by atoms with Crippen molar-refractivity contribution in [3.8, 4) is 33.6 Å². The Morgan fingerprint density at radius 2 is 0.974 bits per heavy atom. The minimum Gasteiger partial charge on any atom is -0.228 e. The number of hydrogen-bond donors (Lipinski definition) is 0. The molecule has 7 aromatic carbocycles. The third kappa shape index (κ3) is 3.14. The summed E-state index contributed by atoms with van der Waals surface area (Å²) < 4.78 is 0. The SMILES string of the molecule is c1ccc(-c2nc3ccc4c(-c5ccccc5)cc(-c5cccc6ccccc56)c5ccc(n2)c3c45)cc1. The molecule has 0 aliphatic carbocycles. The van der Waals surface area contributed by atoms with E-state index >= 15 is 0 Å². The summed E-state index contributed by atoms with van der Waals surface area (Å²) in [7, 11) is 0. The zero-order valence-electron chi connectivity index (χ0n) is 20.6. The Labute approximate surface area is 220 Å². The molecular formula is C36H22N2. The fraction of sp³-hybridized carbons (Fsp3) is 0. The third-order valence-corrected chi connectivity index (χ3v) is 7.64. The molecule has 0 bridgehead atoms. The van der Waals surface area contributed by atoms with E-state index in [0.717, 1.165) is 27.8 Å². The summed E-state index contributed by atoms with van der Waals surface area (Å²) in [5, 5.41) is 7.30. The van der Waals surface area contributed by atoms with Crippen LogP contribution in [0.4, 0.5) is 0 Å². The van der Waals surface area contributed by atoms with Crippen molar-refractivity contribution in [2.45, 2.75) is 0 Å². The zero-order chi connectivity index (χ0) is 25.1. The van der Waals surface area contributed by atoms with Gasteiger partial charge in [-0.2, -0.15) is 0 Å². The number of benzene rings is 7. The molecule has 38 heavy (non-hydrogen) atoms. The van der Waals surface area contributed by atoms with Gasteiger partial charge in [-0.25, -0.2) is 9.97 Å². The molecule has 0 spiro atoms. The van der Waals surface area contributed by atoms with E-state index in [1.165, 1.54) is 49.2 Å². The van der Waals surface area contributed by atoms with E-state index in [0.29, 0.717) is 0 Å². The Balaban J connectivity index is 1.53. The Morgan fingerprint density at radius 1 is 0.368 bits per heavy atom. The van der Waals surface area contributed by atoms with Crippen LogP contribution in [0.1, 0.15) is 0 Å². The quantitative estimate of drug-likeness (QED) is 0.234. The van der Waals surface area contributed by atoms with E-state index in [9.17, 15) is 0 Å². The van der Waals surface area contributed by atoms with Crippen LogP contribution < -0.4 is 0 Å². The minimum absolute atomic E-state index is 0.758. The van der Waals surface area contributed by atoms with E-state index in [1.54, 1.807) is 0 Å². The zero-order valence-corrected chi connectivity index (χ0v) is 20.6. The van der Waals surface area contributed by atoms with Crippen molar-refractivity contribution in [1.29, 1.82) is 0 Å². The van der Waals surface area contributed by atoms with Crippen molar-refractivity contribution >= 4 is 43.4 Å². The first kappa shape index (κ1) is 21.0. The van der Waals surface area contributed by atoms with E-state index in [2.05, 4.69) is 115 Å². The maximum Gasteiger partial charge on any atom is 0.160 e. The maximum absolute atomic E-state index is 5.04. The van der Waals surface area contributed by atoms with Gasteiger partial charge in [0.1, 0.15) is 0 Å². The highest BCUT2D eigenvalue weighted by Crippen LogP contribution is 2.44. The summed E-state index contributed by atoms with van der Waals surface area (Å²) in [6, 6.07) is 47.3. The van der Waals surface area contributed by atoms with Crippen LogP contribution in [0.2, 0.25) is 0 Å². The van der Waals surface area contributed by atoms with Crippen LogP contribution in [-0.4, -0.2) is 9.97 Å².